The summed E-state index contributed by atoms with van der Waals surface area (Å²) in [6.45, 7) is 0. The molecular weight excluding hydrogens is 539 g/mol. The molecule has 0 aliphatic rings. The molecule has 2 radical (unpaired) electrons. The Morgan fingerprint density at radius 2 is 1.00 bits per heavy atom. The van der Waals surface area contributed by atoms with Crippen molar-refractivity contribution in [3.05, 3.63) is 0 Å². The van der Waals surface area contributed by atoms with Crippen molar-refractivity contribution in [1.82, 2.24) is 0 Å². The SMILES string of the molecule is [Ce].[La].[Pr].[SiH4].[Zr]. The Labute approximate surface area is 151 Å². The van der Waals surface area contributed by atoms with Crippen LogP contribution in [-0.4, -0.2) is 11.0 Å². The normalized spacial score (nSPS) is 0. The fourth-order valence-corrected chi connectivity index (χ4v) is 0. The topological polar surface area (TPSA) is 0 Å². The Balaban J connectivity index is 0. The molecule has 5 heavy (non-hydrogen) atoms. The zero-order chi connectivity index (χ0) is 0. The first-order chi connectivity index (χ1) is 0. The van der Waals surface area contributed by atoms with Crippen LogP contribution in [0.15, 0.2) is 0 Å². The van der Waals surface area contributed by atoms with Crippen LogP contribution in [0.5, 0.6) is 0 Å². The molecule has 0 bridgehead atoms. The first kappa shape index (κ1) is 32.3. The van der Waals surface area contributed by atoms with Gasteiger partial charge >= 0.3 is 0 Å². The fraction of sp³-hybridized carbons (Fsp3) is 0. The van der Waals surface area contributed by atoms with Gasteiger partial charge in [-0.15, -0.1) is 0 Å². The van der Waals surface area contributed by atoms with Gasteiger partial charge in [0.25, 0.3) is 0 Å². The third kappa shape index (κ3) is 17.6. The number of hydrogen-bond donors (Lipinski definition) is 0. The Morgan fingerprint density at radius 1 is 1.00 bits per heavy atom. The van der Waals surface area contributed by atoms with E-state index in [-0.39, 0.29) is 156 Å². The van der Waals surface area contributed by atoms with Crippen LogP contribution >= 0.6 is 0 Å². The van der Waals surface area contributed by atoms with E-state index >= 15 is 0 Å². The standard InChI is InChI=1S/Ce.La.Pr.H4Si.Zr/h;;;1H4;. The maximum Gasteiger partial charge on any atom is 0 e. The van der Waals surface area contributed by atoms with Gasteiger partial charge in [0, 0.05) is 145 Å². The first-order valence-electron chi connectivity index (χ1n) is 0. The molecule has 0 saturated carbocycles. The van der Waals surface area contributed by atoms with E-state index in [9.17, 15) is 0 Å². The van der Waals surface area contributed by atoms with Gasteiger partial charge in [-0.3, -0.25) is 0 Å². The van der Waals surface area contributed by atoms with E-state index in [1.54, 1.807) is 0 Å². The molecule has 0 saturated heterocycles. The van der Waals surface area contributed by atoms with E-state index in [0.29, 0.717) is 0 Å². The summed E-state index contributed by atoms with van der Waals surface area (Å²) in [7, 11) is 0. The predicted molar refractivity (Wildman–Crippen MR) is 11.3 cm³/mol. The second kappa shape index (κ2) is 23.0. The van der Waals surface area contributed by atoms with Crippen LogP contribution in [0.4, 0.5) is 0 Å². The van der Waals surface area contributed by atoms with Gasteiger partial charge in [0.05, 0.1) is 0 Å². The molecule has 22 valence electrons. The van der Waals surface area contributed by atoms with Crippen molar-refractivity contribution in [3.8, 4) is 0 Å². The van der Waals surface area contributed by atoms with Crippen LogP contribution in [-0.2, 0) is 26.2 Å². The number of hydrogen-bond acceptors (Lipinski definition) is 0. The second-order valence-electron chi connectivity index (χ2n) is 0. The second-order valence-corrected chi connectivity index (χ2v) is 0. The summed E-state index contributed by atoms with van der Waals surface area (Å²) in [5.41, 5.74) is 0. The minimum absolute atomic E-state index is 0. The molecule has 0 heterocycles. The monoisotopic (exact) mass is 542 g/mol. The van der Waals surface area contributed by atoms with Crippen molar-refractivity contribution in [2.45, 2.75) is 0 Å². The van der Waals surface area contributed by atoms with Gasteiger partial charge < -0.3 is 0 Å². The van der Waals surface area contributed by atoms with E-state index in [2.05, 4.69) is 0 Å². The third-order valence-corrected chi connectivity index (χ3v) is 0. The van der Waals surface area contributed by atoms with Crippen LogP contribution in [0.3, 0.4) is 0 Å². The van der Waals surface area contributed by atoms with Crippen LogP contribution in [0, 0.1) is 119 Å². The Bertz CT molecular complexity index is 11.6. The van der Waals surface area contributed by atoms with Crippen molar-refractivity contribution in [1.29, 1.82) is 0 Å². The molecule has 0 amide bonds. The molecule has 0 unspecified atom stereocenters. The summed E-state index contributed by atoms with van der Waals surface area (Å²) in [4.78, 5) is 0. The summed E-state index contributed by atoms with van der Waals surface area (Å²) < 4.78 is 0. The van der Waals surface area contributed by atoms with E-state index in [1.165, 1.54) is 0 Å². The molecule has 0 fully saturated rings. The van der Waals surface area contributed by atoms with Gasteiger partial charge in [-0.05, 0) is 11.0 Å². The molecule has 0 rings (SSSR count). The summed E-state index contributed by atoms with van der Waals surface area (Å²) in [6.07, 6.45) is 0. The van der Waals surface area contributed by atoms with Crippen molar-refractivity contribution >= 4 is 11.0 Å². The third-order valence-electron chi connectivity index (χ3n) is 0. The van der Waals surface area contributed by atoms with Crippen molar-refractivity contribution in [3.63, 3.8) is 0 Å². The molecule has 0 atom stereocenters. The zero-order valence-electron chi connectivity index (χ0n) is 2.15. The fourth-order valence-electron chi connectivity index (χ4n) is 0. The molecule has 5 heteroatoms. The van der Waals surface area contributed by atoms with E-state index in [4.69, 9.17) is 0 Å². The zero-order valence-corrected chi connectivity index (χ0v) is 15.1. The van der Waals surface area contributed by atoms with Crippen LogP contribution in [0.1, 0.15) is 0 Å². The van der Waals surface area contributed by atoms with Crippen LogP contribution in [0.25, 0.3) is 0 Å². The summed E-state index contributed by atoms with van der Waals surface area (Å²) >= 11 is 0. The van der Waals surface area contributed by atoms with E-state index in [0.717, 1.165) is 0 Å². The molecule has 0 aliphatic carbocycles. The molecular formula is H4CeLaPrSiZr. The van der Waals surface area contributed by atoms with Crippen LogP contribution in [0.2, 0.25) is 0 Å². The maximum atomic E-state index is 0. The first-order valence-corrected chi connectivity index (χ1v) is 0. The summed E-state index contributed by atoms with van der Waals surface area (Å²) in [5.74, 6) is 0. The molecule has 0 aromatic rings. The summed E-state index contributed by atoms with van der Waals surface area (Å²) in [6, 6.07) is 0. The summed E-state index contributed by atoms with van der Waals surface area (Å²) in [5, 5.41) is 0. The van der Waals surface area contributed by atoms with E-state index < -0.39 is 0 Å². The van der Waals surface area contributed by atoms with Gasteiger partial charge in [0.1, 0.15) is 0 Å². The minimum Gasteiger partial charge on any atom is -0.0149 e. The molecule has 0 nitrogen and oxygen atoms in total. The van der Waals surface area contributed by atoms with Gasteiger partial charge in [-0.2, -0.15) is 0 Å². The average Bonchev–Trinajstić information content (AvgIpc) is 0. The molecule has 0 aromatic carbocycles. The largest absolute Gasteiger partial charge is 0.0149 e. The van der Waals surface area contributed by atoms with Crippen molar-refractivity contribution < 1.29 is 145 Å². The van der Waals surface area contributed by atoms with Gasteiger partial charge in [-0.25, -0.2) is 0 Å². The molecule has 0 aliphatic heterocycles. The quantitative estimate of drug-likeness (QED) is 0.329. The van der Waals surface area contributed by atoms with Crippen molar-refractivity contribution in [2.24, 2.45) is 0 Å². The van der Waals surface area contributed by atoms with Gasteiger partial charge in [0.15, 0.2) is 0 Å². The molecule has 0 N–H and O–H groups in total. The van der Waals surface area contributed by atoms with Gasteiger partial charge in [0.2, 0.25) is 0 Å². The van der Waals surface area contributed by atoms with Gasteiger partial charge in [-0.1, -0.05) is 0 Å². The minimum atomic E-state index is 0. The van der Waals surface area contributed by atoms with Crippen LogP contribution < -0.4 is 0 Å². The Hall–Kier alpha value is 5.04. The average molecular weight is 543 g/mol. The van der Waals surface area contributed by atoms with E-state index in [1.807, 2.05) is 0 Å². The van der Waals surface area contributed by atoms with Crippen molar-refractivity contribution in [2.75, 3.05) is 0 Å². The smallest absolute Gasteiger partial charge is 0 e. The predicted octanol–water partition coefficient (Wildman–Crippen LogP) is -1.45. The number of rotatable bonds is 0. The molecule has 0 spiro atoms. The molecule has 0 aromatic heterocycles. The Kier molecular flexibility index (Phi) is 149. The maximum absolute atomic E-state index is 0. The Morgan fingerprint density at radius 3 is 1.00 bits per heavy atom.